The number of hydrogen-bond donors (Lipinski definition) is 0. The highest BCUT2D eigenvalue weighted by molar-refractivity contribution is 6.83. The molecule has 0 fully saturated rings. The van der Waals surface area contributed by atoms with Crippen molar-refractivity contribution >= 4 is 16.1 Å². The Balaban J connectivity index is 4.62. The second kappa shape index (κ2) is 12.7. The fourth-order valence-corrected chi connectivity index (χ4v) is 10.7. The van der Waals surface area contributed by atoms with Gasteiger partial charge in [-0.2, -0.15) is 0 Å². The molecule has 0 spiro atoms. The summed E-state index contributed by atoms with van der Waals surface area (Å²) in [6, 6.07) is 2.49. The molecule has 0 rings (SSSR count). The quantitative estimate of drug-likeness (QED) is 0.424. The molecule has 0 atom stereocenters. The summed E-state index contributed by atoms with van der Waals surface area (Å²) >= 11 is 0. The van der Waals surface area contributed by atoms with Gasteiger partial charge < -0.3 is 18.9 Å². The Kier molecular flexibility index (Phi) is 12.8. The summed E-state index contributed by atoms with van der Waals surface area (Å²) in [5.41, 5.74) is 0. The van der Waals surface area contributed by atoms with Crippen LogP contribution in [0.1, 0.15) is 27.7 Å². The molecule has 0 saturated heterocycles. The summed E-state index contributed by atoms with van der Waals surface area (Å²) in [6.45, 7) is 16.3. The van der Waals surface area contributed by atoms with Gasteiger partial charge in [-0.25, -0.2) is 0 Å². The van der Waals surface area contributed by atoms with E-state index < -0.39 is 16.1 Å². The Hall–Kier alpha value is 0.274. The van der Waals surface area contributed by atoms with Crippen molar-refractivity contribution in [2.24, 2.45) is 0 Å². The molecule has 22 heavy (non-hydrogen) atoms. The second-order valence-corrected chi connectivity index (χ2v) is 16.1. The van der Waals surface area contributed by atoms with E-state index in [9.17, 15) is 0 Å². The minimum Gasteiger partial charge on any atom is -0.385 e. The van der Waals surface area contributed by atoms with E-state index in [1.54, 1.807) is 0 Å². The molecule has 0 aromatic carbocycles. The maximum Gasteiger partial charge on any atom is 0.109 e. The van der Waals surface area contributed by atoms with Gasteiger partial charge in [-0.05, 0) is 27.7 Å². The number of ether oxygens (including phenoxy) is 4. The zero-order valence-corrected chi connectivity index (χ0v) is 17.7. The second-order valence-electron chi connectivity index (χ2n) is 6.67. The van der Waals surface area contributed by atoms with Crippen LogP contribution in [0.15, 0.2) is 0 Å². The highest BCUT2D eigenvalue weighted by Crippen LogP contribution is 2.22. The molecule has 0 saturated carbocycles. The minimum atomic E-state index is -1.50. The monoisotopic (exact) mass is 350 g/mol. The van der Waals surface area contributed by atoms with Crippen LogP contribution in [0, 0.1) is 0 Å². The Bertz CT molecular complexity index is 223. The van der Waals surface area contributed by atoms with Crippen molar-refractivity contribution < 1.29 is 18.9 Å². The summed E-state index contributed by atoms with van der Waals surface area (Å²) in [5, 5.41) is 0. The van der Waals surface area contributed by atoms with Gasteiger partial charge in [0, 0.05) is 51.3 Å². The van der Waals surface area contributed by atoms with E-state index >= 15 is 0 Å². The van der Waals surface area contributed by atoms with Crippen molar-refractivity contribution in [2.75, 3.05) is 51.3 Å². The maximum absolute atomic E-state index is 5.76. The summed E-state index contributed by atoms with van der Waals surface area (Å²) in [6.07, 6.45) is 3.60. The van der Waals surface area contributed by atoms with Crippen molar-refractivity contribution in [1.29, 1.82) is 0 Å². The van der Waals surface area contributed by atoms with E-state index in [4.69, 9.17) is 18.9 Å². The predicted octanol–water partition coefficient (Wildman–Crippen LogP) is 3.45. The Morgan fingerprint density at radius 3 is 0.909 bits per heavy atom. The van der Waals surface area contributed by atoms with Crippen LogP contribution in [0.3, 0.4) is 0 Å². The molecule has 6 heteroatoms. The van der Waals surface area contributed by atoms with E-state index in [0.717, 1.165) is 51.3 Å². The number of rotatable bonds is 15. The van der Waals surface area contributed by atoms with Gasteiger partial charge in [-0.1, -0.05) is 25.2 Å². The van der Waals surface area contributed by atoms with Gasteiger partial charge in [-0.15, -0.1) is 0 Å². The first-order chi connectivity index (χ1) is 10.4. The maximum atomic E-state index is 5.76. The lowest BCUT2D eigenvalue weighted by Gasteiger charge is -2.32. The lowest BCUT2D eigenvalue weighted by molar-refractivity contribution is 0.160. The van der Waals surface area contributed by atoms with Crippen LogP contribution in [-0.2, 0) is 18.9 Å². The lowest BCUT2D eigenvalue weighted by atomic mass is 10.9. The average Bonchev–Trinajstić information content (AvgIpc) is 2.53. The van der Waals surface area contributed by atoms with Crippen LogP contribution in [-0.4, -0.2) is 67.5 Å². The third-order valence-electron chi connectivity index (χ3n) is 3.95. The molecule has 0 N–H and O–H groups in total. The van der Waals surface area contributed by atoms with Crippen molar-refractivity contribution in [2.45, 2.75) is 52.9 Å². The summed E-state index contributed by atoms with van der Waals surface area (Å²) < 4.78 is 23.0. The summed E-state index contributed by atoms with van der Waals surface area (Å²) in [7, 11) is -3.00. The molecule has 0 heterocycles. The van der Waals surface area contributed by atoms with Crippen molar-refractivity contribution in [3.8, 4) is 0 Å². The fraction of sp³-hybridized carbons (Fsp3) is 1.00. The third kappa shape index (κ3) is 10.1. The van der Waals surface area contributed by atoms with Gasteiger partial charge in [0.2, 0.25) is 0 Å². The van der Waals surface area contributed by atoms with E-state index in [2.05, 4.69) is 40.8 Å². The largest absolute Gasteiger partial charge is 0.385 e. The molecule has 134 valence electrons. The van der Waals surface area contributed by atoms with Crippen LogP contribution in [0.25, 0.3) is 0 Å². The zero-order chi connectivity index (χ0) is 16.9. The standard InChI is InChI=1S/C16H38O4Si2/c1-7-17-13-21(5,14-18-8-2)11-12-22(6,15-19-9-3)16-20-10-4/h7-16H2,1-6H3. The zero-order valence-electron chi connectivity index (χ0n) is 15.7. The van der Waals surface area contributed by atoms with E-state index in [1.165, 1.54) is 12.1 Å². The Labute approximate surface area is 139 Å². The normalized spacial score (nSPS) is 12.8. The van der Waals surface area contributed by atoms with Crippen LogP contribution in [0.2, 0.25) is 25.2 Å². The Morgan fingerprint density at radius 2 is 0.727 bits per heavy atom. The molecule has 0 aromatic rings. The lowest BCUT2D eigenvalue weighted by Crippen LogP contribution is -2.48. The van der Waals surface area contributed by atoms with Crippen molar-refractivity contribution in [3.63, 3.8) is 0 Å². The molecular weight excluding hydrogens is 312 g/mol. The molecular formula is C16H38O4Si2. The molecule has 0 aliphatic rings. The van der Waals surface area contributed by atoms with E-state index in [-0.39, 0.29) is 0 Å². The van der Waals surface area contributed by atoms with Crippen LogP contribution in [0.4, 0.5) is 0 Å². The third-order valence-corrected chi connectivity index (χ3v) is 11.0. The molecule has 0 unspecified atom stereocenters. The molecule has 0 aromatic heterocycles. The van der Waals surface area contributed by atoms with Crippen molar-refractivity contribution in [1.82, 2.24) is 0 Å². The highest BCUT2D eigenvalue weighted by Gasteiger charge is 2.35. The topological polar surface area (TPSA) is 36.9 Å². The first kappa shape index (κ1) is 22.3. The predicted molar refractivity (Wildman–Crippen MR) is 98.8 cm³/mol. The van der Waals surface area contributed by atoms with Gasteiger partial charge in [-0.3, -0.25) is 0 Å². The van der Waals surface area contributed by atoms with Gasteiger partial charge >= 0.3 is 0 Å². The van der Waals surface area contributed by atoms with Gasteiger partial charge in [0.1, 0.15) is 16.1 Å². The molecule has 0 bridgehead atoms. The minimum absolute atomic E-state index is 0.793. The van der Waals surface area contributed by atoms with Crippen LogP contribution < -0.4 is 0 Å². The summed E-state index contributed by atoms with van der Waals surface area (Å²) in [5.74, 6) is 0. The Morgan fingerprint density at radius 1 is 0.500 bits per heavy atom. The van der Waals surface area contributed by atoms with Crippen LogP contribution in [0.5, 0.6) is 0 Å². The summed E-state index contributed by atoms with van der Waals surface area (Å²) in [4.78, 5) is 0. The molecule has 0 aliphatic carbocycles. The first-order valence-corrected chi connectivity index (χ1v) is 15.0. The molecule has 0 amide bonds. The van der Waals surface area contributed by atoms with E-state index in [1.807, 2.05) is 0 Å². The SMILES string of the molecule is CCOC[Si](C)(CC[Si](C)(COCC)COCC)COCC. The van der Waals surface area contributed by atoms with Gasteiger partial charge in [0.15, 0.2) is 0 Å². The highest BCUT2D eigenvalue weighted by atomic mass is 28.3. The van der Waals surface area contributed by atoms with Crippen LogP contribution >= 0.6 is 0 Å². The van der Waals surface area contributed by atoms with Gasteiger partial charge in [0.05, 0.1) is 0 Å². The van der Waals surface area contributed by atoms with Crippen molar-refractivity contribution in [3.05, 3.63) is 0 Å². The molecule has 4 nitrogen and oxygen atoms in total. The van der Waals surface area contributed by atoms with E-state index in [0.29, 0.717) is 0 Å². The first-order valence-electron chi connectivity index (χ1n) is 8.76. The average molecular weight is 351 g/mol. The van der Waals surface area contributed by atoms with Gasteiger partial charge in [0.25, 0.3) is 0 Å². The fourth-order valence-electron chi connectivity index (χ4n) is 2.37. The molecule has 0 aliphatic heterocycles. The number of hydrogen-bond acceptors (Lipinski definition) is 4. The molecule has 0 radical (unpaired) electrons. The smallest absolute Gasteiger partial charge is 0.109 e.